The Morgan fingerprint density at radius 1 is 1.16 bits per heavy atom. The number of benzene rings is 2. The molecule has 0 aromatic heterocycles. The lowest BCUT2D eigenvalue weighted by Gasteiger charge is -2.16. The van der Waals surface area contributed by atoms with Gasteiger partial charge in [-0.1, -0.05) is 30.3 Å². The Bertz CT molecular complexity index is 856. The highest BCUT2D eigenvalue weighted by atomic mass is 127. The highest BCUT2D eigenvalue weighted by Gasteiger charge is 2.20. The molecule has 0 aliphatic carbocycles. The van der Waals surface area contributed by atoms with Crippen molar-refractivity contribution in [2.45, 2.75) is 32.6 Å². The number of hydrogen-bond acceptors (Lipinski definition) is 5. The first-order valence-corrected chi connectivity index (χ1v) is 9.66. The normalized spacial score (nSPS) is 13.5. The zero-order valence-electron chi connectivity index (χ0n) is 17.0. The molecule has 31 heavy (non-hydrogen) atoms. The number of aliphatic hydroxyl groups is 1. The molecule has 2 aromatic carbocycles. The van der Waals surface area contributed by atoms with Gasteiger partial charge in [-0.25, -0.2) is 4.99 Å². The molecule has 0 saturated heterocycles. The fourth-order valence-corrected chi connectivity index (χ4v) is 2.97. The second-order valence-electron chi connectivity index (χ2n) is 6.61. The smallest absolute Gasteiger partial charge is 0.387 e. The maximum absolute atomic E-state index is 12.8. The quantitative estimate of drug-likeness (QED) is 0.253. The molecule has 0 saturated carbocycles. The van der Waals surface area contributed by atoms with Gasteiger partial charge in [0.25, 0.3) is 0 Å². The van der Waals surface area contributed by atoms with Gasteiger partial charge in [-0.2, -0.15) is 8.78 Å². The summed E-state index contributed by atoms with van der Waals surface area (Å²) >= 11 is 0. The molecule has 1 atom stereocenters. The summed E-state index contributed by atoms with van der Waals surface area (Å²) in [5.41, 5.74) is 1.46. The second kappa shape index (κ2) is 12.5. The molecule has 0 bridgehead atoms. The number of ether oxygens (including phenoxy) is 3. The number of hydrogen-bond donors (Lipinski definition) is 3. The third-order valence-corrected chi connectivity index (χ3v) is 4.34. The van der Waals surface area contributed by atoms with Gasteiger partial charge in [0.1, 0.15) is 5.75 Å². The lowest BCUT2D eigenvalue weighted by atomic mass is 10.1. The maximum Gasteiger partial charge on any atom is 0.387 e. The summed E-state index contributed by atoms with van der Waals surface area (Å²) in [5.74, 6) is 1.24. The Morgan fingerprint density at radius 2 is 1.87 bits per heavy atom. The lowest BCUT2D eigenvalue weighted by Crippen LogP contribution is -2.41. The Balaban J connectivity index is 0.00000341. The van der Waals surface area contributed by atoms with Crippen LogP contribution >= 0.6 is 24.0 Å². The van der Waals surface area contributed by atoms with Crippen LogP contribution in [0.25, 0.3) is 0 Å². The van der Waals surface area contributed by atoms with Gasteiger partial charge in [0.15, 0.2) is 17.5 Å². The van der Waals surface area contributed by atoms with Crippen LogP contribution in [0.4, 0.5) is 8.78 Å². The number of nitrogens with one attached hydrogen (secondary N) is 2. The minimum Gasteiger partial charge on any atom is -0.454 e. The van der Waals surface area contributed by atoms with Crippen molar-refractivity contribution in [3.05, 3.63) is 53.6 Å². The first kappa shape index (κ1) is 24.9. The fourth-order valence-electron chi connectivity index (χ4n) is 2.97. The van der Waals surface area contributed by atoms with E-state index in [-0.39, 0.29) is 49.6 Å². The lowest BCUT2D eigenvalue weighted by molar-refractivity contribution is -0.0505. The van der Waals surface area contributed by atoms with E-state index in [0.29, 0.717) is 36.0 Å². The molecule has 2 aromatic rings. The third kappa shape index (κ3) is 7.69. The molecule has 1 unspecified atom stereocenters. The molecular formula is C21H26F2IN3O4. The Labute approximate surface area is 196 Å². The maximum atomic E-state index is 12.8. The van der Waals surface area contributed by atoms with Gasteiger partial charge in [0.2, 0.25) is 6.79 Å². The fraction of sp³-hybridized carbons (Fsp3) is 0.381. The standard InChI is InChI=1S/C21H25F2N3O4.HI/c1-2-24-21(26-12-16(27)8-14-6-4-3-5-7-14)25-11-15-9-18-19(29-13-28-18)10-17(15)30-20(22)23;/h3-7,9-10,16,20,27H,2,8,11-13H2,1H3,(H2,24,25,26);1H. The molecule has 0 radical (unpaired) electrons. The van der Waals surface area contributed by atoms with Crippen molar-refractivity contribution in [1.82, 2.24) is 10.6 Å². The first-order valence-electron chi connectivity index (χ1n) is 9.66. The summed E-state index contributed by atoms with van der Waals surface area (Å²) in [6.07, 6.45) is -0.110. The summed E-state index contributed by atoms with van der Waals surface area (Å²) in [6.45, 7) is -0.0799. The van der Waals surface area contributed by atoms with Crippen LogP contribution in [-0.2, 0) is 13.0 Å². The number of rotatable bonds is 9. The first-order chi connectivity index (χ1) is 14.5. The van der Waals surface area contributed by atoms with Crippen LogP contribution in [0.3, 0.4) is 0 Å². The minimum absolute atomic E-state index is 0. The van der Waals surface area contributed by atoms with E-state index >= 15 is 0 Å². The zero-order chi connectivity index (χ0) is 21.3. The van der Waals surface area contributed by atoms with Crippen LogP contribution in [0.5, 0.6) is 17.2 Å². The molecule has 0 spiro atoms. The summed E-state index contributed by atoms with van der Waals surface area (Å²) in [7, 11) is 0. The molecule has 170 valence electrons. The summed E-state index contributed by atoms with van der Waals surface area (Å²) in [6, 6.07) is 12.6. The van der Waals surface area contributed by atoms with E-state index in [2.05, 4.69) is 20.4 Å². The number of alkyl halides is 2. The second-order valence-corrected chi connectivity index (χ2v) is 6.61. The SMILES string of the molecule is CCNC(=NCc1cc2c(cc1OC(F)F)OCO2)NCC(O)Cc1ccccc1.I. The highest BCUT2D eigenvalue weighted by Crippen LogP contribution is 2.39. The molecule has 0 fully saturated rings. The molecular weight excluding hydrogens is 523 g/mol. The highest BCUT2D eigenvalue weighted by molar-refractivity contribution is 14.0. The van der Waals surface area contributed by atoms with E-state index in [9.17, 15) is 13.9 Å². The van der Waals surface area contributed by atoms with Crippen LogP contribution in [0.2, 0.25) is 0 Å². The van der Waals surface area contributed by atoms with Crippen LogP contribution in [0, 0.1) is 0 Å². The summed E-state index contributed by atoms with van der Waals surface area (Å²) in [5, 5.41) is 16.4. The average molecular weight is 549 g/mol. The number of aliphatic hydroxyl groups excluding tert-OH is 1. The van der Waals surface area contributed by atoms with Crippen molar-refractivity contribution in [3.8, 4) is 17.2 Å². The van der Waals surface area contributed by atoms with Gasteiger partial charge in [-0.05, 0) is 18.6 Å². The Hall–Kier alpha value is -2.34. The largest absolute Gasteiger partial charge is 0.454 e. The van der Waals surface area contributed by atoms with Crippen molar-refractivity contribution in [2.75, 3.05) is 19.9 Å². The van der Waals surface area contributed by atoms with Crippen molar-refractivity contribution in [1.29, 1.82) is 0 Å². The number of aliphatic imine (C=N–C) groups is 1. The van der Waals surface area contributed by atoms with Crippen molar-refractivity contribution in [3.63, 3.8) is 0 Å². The molecule has 7 nitrogen and oxygen atoms in total. The molecule has 3 N–H and O–H groups in total. The van der Waals surface area contributed by atoms with E-state index in [1.54, 1.807) is 6.07 Å². The van der Waals surface area contributed by atoms with Gasteiger partial charge >= 0.3 is 6.61 Å². The average Bonchev–Trinajstić information content (AvgIpc) is 3.17. The number of fused-ring (bicyclic) bond motifs is 1. The molecule has 1 heterocycles. The van der Waals surface area contributed by atoms with Crippen LogP contribution < -0.4 is 24.8 Å². The molecule has 1 aliphatic heterocycles. The molecule has 3 rings (SSSR count). The van der Waals surface area contributed by atoms with Crippen molar-refractivity contribution in [2.24, 2.45) is 4.99 Å². The molecule has 10 heteroatoms. The van der Waals surface area contributed by atoms with Gasteiger partial charge in [0, 0.05) is 31.1 Å². The topological polar surface area (TPSA) is 84.3 Å². The number of halogens is 3. The third-order valence-electron chi connectivity index (χ3n) is 4.34. The monoisotopic (exact) mass is 549 g/mol. The van der Waals surface area contributed by atoms with Gasteiger partial charge in [0.05, 0.1) is 12.6 Å². The summed E-state index contributed by atoms with van der Waals surface area (Å²) in [4.78, 5) is 4.42. The van der Waals surface area contributed by atoms with E-state index < -0.39 is 12.7 Å². The molecule has 1 aliphatic rings. The predicted octanol–water partition coefficient (Wildman–Crippen LogP) is 3.29. The van der Waals surface area contributed by atoms with E-state index in [0.717, 1.165) is 5.56 Å². The van der Waals surface area contributed by atoms with E-state index in [4.69, 9.17) is 9.47 Å². The Kier molecular flexibility index (Phi) is 10.0. The van der Waals surface area contributed by atoms with E-state index in [1.807, 2.05) is 37.3 Å². The van der Waals surface area contributed by atoms with Gasteiger partial charge in [-0.15, -0.1) is 24.0 Å². The predicted molar refractivity (Wildman–Crippen MR) is 124 cm³/mol. The van der Waals surface area contributed by atoms with Gasteiger partial charge in [-0.3, -0.25) is 0 Å². The minimum atomic E-state index is -2.97. The number of nitrogens with zero attached hydrogens (tertiary/aromatic N) is 1. The zero-order valence-corrected chi connectivity index (χ0v) is 19.3. The summed E-state index contributed by atoms with van der Waals surface area (Å²) < 4.78 is 40.7. The van der Waals surface area contributed by atoms with Crippen molar-refractivity contribution >= 4 is 29.9 Å². The van der Waals surface area contributed by atoms with E-state index in [1.165, 1.54) is 6.07 Å². The number of guanidine groups is 1. The van der Waals surface area contributed by atoms with Crippen LogP contribution in [0.15, 0.2) is 47.5 Å². The van der Waals surface area contributed by atoms with Crippen LogP contribution in [0.1, 0.15) is 18.1 Å². The molecule has 0 amide bonds. The van der Waals surface area contributed by atoms with Gasteiger partial charge < -0.3 is 30.0 Å². The van der Waals surface area contributed by atoms with Crippen molar-refractivity contribution < 1.29 is 28.1 Å². The van der Waals surface area contributed by atoms with Crippen LogP contribution in [-0.4, -0.2) is 43.7 Å². The Morgan fingerprint density at radius 3 is 2.55 bits per heavy atom.